The van der Waals surface area contributed by atoms with E-state index in [1.807, 2.05) is 42.7 Å². The largest absolute Gasteiger partial charge is 0.496 e. The summed E-state index contributed by atoms with van der Waals surface area (Å²) in [6.07, 6.45) is 8.61. The van der Waals surface area contributed by atoms with Gasteiger partial charge in [-0.3, -0.25) is 15.0 Å². The van der Waals surface area contributed by atoms with Crippen molar-refractivity contribution in [2.24, 2.45) is 9.98 Å². The van der Waals surface area contributed by atoms with Gasteiger partial charge in [-0.25, -0.2) is 0 Å². The van der Waals surface area contributed by atoms with Crippen molar-refractivity contribution in [1.29, 1.82) is 5.26 Å². The standard InChI is InChI=1S/C26H24N4O/c1-17-16-30-23-14-24(31-3)20(10-11-21-5-4-12-29-21)13-22(23)25(17)26(28-2)19-8-6-18(15-27)7-9-19/h5-9,12-14,16H,4,10-11H2,1-3H3. The van der Waals surface area contributed by atoms with Gasteiger partial charge in [-0.1, -0.05) is 18.2 Å². The van der Waals surface area contributed by atoms with Crippen molar-refractivity contribution in [2.45, 2.75) is 26.2 Å². The fraction of sp³-hybridized carbons (Fsp3) is 0.231. The summed E-state index contributed by atoms with van der Waals surface area (Å²) in [4.78, 5) is 13.7. The second-order valence-electron chi connectivity index (χ2n) is 7.50. The van der Waals surface area contributed by atoms with Crippen molar-refractivity contribution < 1.29 is 4.74 Å². The zero-order valence-electron chi connectivity index (χ0n) is 18.0. The first-order valence-electron chi connectivity index (χ1n) is 10.3. The summed E-state index contributed by atoms with van der Waals surface area (Å²) in [5, 5.41) is 10.2. The van der Waals surface area contributed by atoms with E-state index in [4.69, 9.17) is 10.00 Å². The van der Waals surface area contributed by atoms with Gasteiger partial charge in [0.25, 0.3) is 0 Å². The Bertz CT molecular complexity index is 1260. The van der Waals surface area contributed by atoms with Gasteiger partial charge in [-0.15, -0.1) is 0 Å². The molecule has 0 fully saturated rings. The molecule has 1 aliphatic heterocycles. The quantitative estimate of drug-likeness (QED) is 0.528. The van der Waals surface area contributed by atoms with Gasteiger partial charge in [0.15, 0.2) is 0 Å². The highest BCUT2D eigenvalue weighted by Crippen LogP contribution is 2.31. The third-order valence-corrected chi connectivity index (χ3v) is 5.57. The minimum atomic E-state index is 0.631. The number of allylic oxidation sites excluding steroid dienone is 2. The van der Waals surface area contributed by atoms with Crippen LogP contribution in [0.3, 0.4) is 0 Å². The van der Waals surface area contributed by atoms with E-state index in [0.29, 0.717) is 5.56 Å². The van der Waals surface area contributed by atoms with Crippen molar-refractivity contribution in [1.82, 2.24) is 4.98 Å². The molecule has 3 aromatic rings. The maximum Gasteiger partial charge on any atom is 0.124 e. The SMILES string of the molecule is CN=C(c1ccc(C#N)cc1)c1c(C)cnc2cc(OC)c(CCC3=CCC=N3)cc12. The van der Waals surface area contributed by atoms with Crippen LogP contribution >= 0.6 is 0 Å². The highest BCUT2D eigenvalue weighted by Gasteiger charge is 2.17. The predicted molar refractivity (Wildman–Crippen MR) is 125 cm³/mol. The van der Waals surface area contributed by atoms with E-state index in [9.17, 15) is 0 Å². The fourth-order valence-corrected chi connectivity index (χ4v) is 3.99. The maximum absolute atomic E-state index is 9.12. The molecule has 4 rings (SSSR count). The Morgan fingerprint density at radius 1 is 1.19 bits per heavy atom. The van der Waals surface area contributed by atoms with E-state index in [2.05, 4.69) is 40.1 Å². The van der Waals surface area contributed by atoms with Crippen LogP contribution in [0.15, 0.2) is 64.4 Å². The summed E-state index contributed by atoms with van der Waals surface area (Å²) in [7, 11) is 3.50. The lowest BCUT2D eigenvalue weighted by Crippen LogP contribution is -2.08. The van der Waals surface area contributed by atoms with Crippen molar-refractivity contribution in [3.63, 3.8) is 0 Å². The van der Waals surface area contributed by atoms with Crippen LogP contribution in [0.25, 0.3) is 10.9 Å². The van der Waals surface area contributed by atoms with Gasteiger partial charge >= 0.3 is 0 Å². The van der Waals surface area contributed by atoms with E-state index in [-0.39, 0.29) is 0 Å². The number of methoxy groups -OCH3 is 1. The second kappa shape index (κ2) is 8.93. The monoisotopic (exact) mass is 408 g/mol. The molecule has 0 aliphatic carbocycles. The minimum Gasteiger partial charge on any atom is -0.496 e. The lowest BCUT2D eigenvalue weighted by molar-refractivity contribution is 0.410. The summed E-state index contributed by atoms with van der Waals surface area (Å²) in [5.41, 5.74) is 7.71. The minimum absolute atomic E-state index is 0.631. The van der Waals surface area contributed by atoms with Crippen LogP contribution in [0.4, 0.5) is 0 Å². The Hall–Kier alpha value is -3.78. The van der Waals surface area contributed by atoms with E-state index >= 15 is 0 Å². The molecule has 154 valence electrons. The number of fused-ring (bicyclic) bond motifs is 1. The summed E-state index contributed by atoms with van der Waals surface area (Å²) in [5.74, 6) is 0.839. The first kappa shape index (κ1) is 20.5. The summed E-state index contributed by atoms with van der Waals surface area (Å²) >= 11 is 0. The van der Waals surface area contributed by atoms with Crippen LogP contribution in [-0.4, -0.2) is 31.1 Å². The predicted octanol–water partition coefficient (Wildman–Crippen LogP) is 5.18. The molecule has 2 heterocycles. The van der Waals surface area contributed by atoms with Crippen LogP contribution < -0.4 is 4.74 Å². The number of benzene rings is 2. The maximum atomic E-state index is 9.12. The van der Waals surface area contributed by atoms with Crippen LogP contribution in [0.2, 0.25) is 0 Å². The lowest BCUT2D eigenvalue weighted by Gasteiger charge is -2.16. The number of ether oxygens (including phenoxy) is 1. The topological polar surface area (TPSA) is 70.6 Å². The molecule has 5 nitrogen and oxygen atoms in total. The van der Waals surface area contributed by atoms with Gasteiger partial charge in [0.1, 0.15) is 5.75 Å². The number of nitrogens with zero attached hydrogens (tertiary/aromatic N) is 4. The molecule has 0 amide bonds. The van der Waals surface area contributed by atoms with Gasteiger partial charge in [0.2, 0.25) is 0 Å². The van der Waals surface area contributed by atoms with Gasteiger partial charge in [0, 0.05) is 54.2 Å². The number of nitriles is 1. The van der Waals surface area contributed by atoms with Crippen LogP contribution in [-0.2, 0) is 6.42 Å². The molecule has 1 aromatic heterocycles. The molecule has 0 radical (unpaired) electrons. The van der Waals surface area contributed by atoms with Crippen LogP contribution in [0.1, 0.15) is 40.7 Å². The number of aromatic nitrogens is 1. The number of aliphatic imine (C=N–C) groups is 2. The Labute approximate surface area is 182 Å². The smallest absolute Gasteiger partial charge is 0.124 e. The molecular formula is C26H24N4O. The molecule has 2 aromatic carbocycles. The van der Waals surface area contributed by atoms with Crippen molar-refractivity contribution in [3.05, 3.63) is 82.2 Å². The molecule has 0 N–H and O–H groups in total. The number of pyridine rings is 1. The highest BCUT2D eigenvalue weighted by molar-refractivity contribution is 6.20. The Morgan fingerprint density at radius 2 is 2.00 bits per heavy atom. The highest BCUT2D eigenvalue weighted by atomic mass is 16.5. The van der Waals surface area contributed by atoms with Gasteiger partial charge in [-0.2, -0.15) is 5.26 Å². The fourth-order valence-electron chi connectivity index (χ4n) is 3.99. The average molecular weight is 409 g/mol. The number of aryl methyl sites for hydroxylation is 2. The van der Waals surface area contributed by atoms with Crippen LogP contribution in [0.5, 0.6) is 5.75 Å². The Balaban J connectivity index is 1.83. The third-order valence-electron chi connectivity index (χ3n) is 5.57. The number of hydrogen-bond acceptors (Lipinski definition) is 5. The van der Waals surface area contributed by atoms with Gasteiger partial charge in [-0.05, 0) is 49.1 Å². The first-order chi connectivity index (χ1) is 15.1. The molecule has 0 spiro atoms. The normalized spacial score (nSPS) is 13.4. The molecule has 1 aliphatic rings. The van der Waals surface area contributed by atoms with Crippen molar-refractivity contribution >= 4 is 22.8 Å². The molecule has 0 bridgehead atoms. The molecule has 0 saturated heterocycles. The van der Waals surface area contributed by atoms with Gasteiger partial charge in [0.05, 0.1) is 30.0 Å². The average Bonchev–Trinajstić information content (AvgIpc) is 3.33. The van der Waals surface area contributed by atoms with E-state index in [1.165, 1.54) is 0 Å². The third kappa shape index (κ3) is 4.10. The van der Waals surface area contributed by atoms with Gasteiger partial charge < -0.3 is 4.74 Å². The van der Waals surface area contributed by atoms with E-state index in [1.54, 1.807) is 14.2 Å². The summed E-state index contributed by atoms with van der Waals surface area (Å²) < 4.78 is 5.68. The van der Waals surface area contributed by atoms with E-state index in [0.717, 1.165) is 69.6 Å². The molecule has 0 saturated carbocycles. The Morgan fingerprint density at radius 3 is 2.65 bits per heavy atom. The molecular weight excluding hydrogens is 384 g/mol. The zero-order chi connectivity index (χ0) is 21.8. The molecule has 0 unspecified atom stereocenters. The van der Waals surface area contributed by atoms with Crippen molar-refractivity contribution in [3.8, 4) is 11.8 Å². The number of hydrogen-bond donors (Lipinski definition) is 0. The molecule has 31 heavy (non-hydrogen) atoms. The second-order valence-corrected chi connectivity index (χ2v) is 7.50. The zero-order valence-corrected chi connectivity index (χ0v) is 18.0. The lowest BCUT2D eigenvalue weighted by atomic mass is 9.93. The summed E-state index contributed by atoms with van der Waals surface area (Å²) in [6, 6.07) is 13.9. The number of rotatable bonds is 6. The molecule has 0 atom stereocenters. The summed E-state index contributed by atoms with van der Waals surface area (Å²) in [6.45, 7) is 2.05. The van der Waals surface area contributed by atoms with Crippen molar-refractivity contribution in [2.75, 3.05) is 14.2 Å². The van der Waals surface area contributed by atoms with Crippen LogP contribution in [0, 0.1) is 18.3 Å². The Kier molecular flexibility index (Phi) is 5.90. The first-order valence-corrected chi connectivity index (χ1v) is 10.3. The molecule has 5 heteroatoms. The van der Waals surface area contributed by atoms with E-state index < -0.39 is 0 Å².